The van der Waals surface area contributed by atoms with Gasteiger partial charge in [-0.3, -0.25) is 19.9 Å². The number of nitrogens with zero attached hydrogens (tertiary/aromatic N) is 2. The largest absolute Gasteiger partial charge is 0.335 e. The number of rotatable bonds is 3. The van der Waals surface area contributed by atoms with Gasteiger partial charge in [-0.2, -0.15) is 0 Å². The zero-order valence-corrected chi connectivity index (χ0v) is 13.1. The second kappa shape index (κ2) is 5.55. The molecule has 2 fully saturated rings. The van der Waals surface area contributed by atoms with Crippen LogP contribution in [0.25, 0.3) is 0 Å². The van der Waals surface area contributed by atoms with E-state index in [4.69, 9.17) is 0 Å². The average molecular weight is 397 g/mol. The van der Waals surface area contributed by atoms with E-state index < -0.39 is 23.8 Å². The summed E-state index contributed by atoms with van der Waals surface area (Å²) in [5, 5.41) is 2.20. The number of benzene rings is 1. The Labute approximate surface area is 134 Å². The van der Waals surface area contributed by atoms with Gasteiger partial charge in [0.1, 0.15) is 0 Å². The lowest BCUT2D eigenvalue weighted by atomic mass is 10.1. The third kappa shape index (κ3) is 2.97. The molecule has 1 aromatic carbocycles. The van der Waals surface area contributed by atoms with E-state index in [2.05, 4.69) is 32.9 Å². The molecule has 0 aromatic heterocycles. The van der Waals surface area contributed by atoms with Crippen LogP contribution in [0.4, 0.5) is 10.5 Å². The molecule has 1 aliphatic carbocycles. The number of carbonyl (C=O) groups excluding carboxylic acids is 3. The van der Waals surface area contributed by atoms with E-state index >= 15 is 0 Å². The van der Waals surface area contributed by atoms with Crippen LogP contribution in [0.15, 0.2) is 29.3 Å². The lowest BCUT2D eigenvalue weighted by Gasteiger charge is -2.28. The molecular formula is C14H12IN3O3. The maximum atomic E-state index is 12.4. The summed E-state index contributed by atoms with van der Waals surface area (Å²) < 4.78 is 0.990. The van der Waals surface area contributed by atoms with Crippen LogP contribution in [0.2, 0.25) is 0 Å². The molecular weight excluding hydrogens is 385 g/mol. The lowest BCUT2D eigenvalue weighted by Crippen LogP contribution is -2.58. The Hall–Kier alpha value is -1.77. The number of barbiturate groups is 1. The molecule has 1 N–H and O–H groups in total. The first-order chi connectivity index (χ1) is 10.1. The van der Waals surface area contributed by atoms with Crippen molar-refractivity contribution in [3.05, 3.63) is 27.8 Å². The van der Waals surface area contributed by atoms with E-state index in [1.54, 1.807) is 24.3 Å². The van der Waals surface area contributed by atoms with Crippen molar-refractivity contribution in [2.75, 3.05) is 4.90 Å². The number of halogens is 1. The quantitative estimate of drug-likeness (QED) is 0.480. The zero-order chi connectivity index (χ0) is 15.0. The Morgan fingerprint density at radius 2 is 1.86 bits per heavy atom. The molecule has 1 atom stereocenters. The SMILES string of the molecule is O=C1NC(=O)N(c2ccc(I)cc2)C(=O)[C@@H]1C=NC1CC1. The number of imide groups is 2. The van der Waals surface area contributed by atoms with Gasteiger partial charge in [0.2, 0.25) is 5.91 Å². The highest BCUT2D eigenvalue weighted by molar-refractivity contribution is 14.1. The Kier molecular flexibility index (Phi) is 3.75. The van der Waals surface area contributed by atoms with E-state index in [0.717, 1.165) is 21.3 Å². The second-order valence-corrected chi connectivity index (χ2v) is 6.20. The van der Waals surface area contributed by atoms with Gasteiger partial charge >= 0.3 is 6.03 Å². The minimum Gasteiger partial charge on any atom is -0.293 e. The third-order valence-corrected chi connectivity index (χ3v) is 4.00. The van der Waals surface area contributed by atoms with Gasteiger partial charge in [0.15, 0.2) is 5.92 Å². The molecule has 7 heteroatoms. The van der Waals surface area contributed by atoms with Gasteiger partial charge in [-0.25, -0.2) is 9.69 Å². The number of anilines is 1. The highest BCUT2D eigenvalue weighted by atomic mass is 127. The molecule has 0 unspecified atom stereocenters. The number of urea groups is 1. The molecule has 1 aliphatic heterocycles. The van der Waals surface area contributed by atoms with Crippen molar-refractivity contribution in [1.29, 1.82) is 0 Å². The Balaban J connectivity index is 1.88. The fraction of sp³-hybridized carbons (Fsp3) is 0.286. The van der Waals surface area contributed by atoms with Crippen molar-refractivity contribution in [3.63, 3.8) is 0 Å². The maximum absolute atomic E-state index is 12.4. The van der Waals surface area contributed by atoms with Crippen LogP contribution >= 0.6 is 22.6 Å². The predicted molar refractivity (Wildman–Crippen MR) is 85.2 cm³/mol. The van der Waals surface area contributed by atoms with Crippen molar-refractivity contribution in [1.82, 2.24) is 5.32 Å². The predicted octanol–water partition coefficient (Wildman–Crippen LogP) is 1.72. The molecule has 2 aliphatic rings. The van der Waals surface area contributed by atoms with Crippen molar-refractivity contribution in [3.8, 4) is 0 Å². The first kappa shape index (κ1) is 14.2. The Morgan fingerprint density at radius 1 is 1.19 bits per heavy atom. The van der Waals surface area contributed by atoms with Crippen LogP contribution < -0.4 is 10.2 Å². The molecule has 1 aromatic rings. The standard InChI is InChI=1S/C14H12IN3O3/c15-8-1-5-10(6-2-8)18-13(20)11(7-16-9-3-4-9)12(19)17-14(18)21/h1-2,5-7,9,11H,3-4H2,(H,17,19,21)/t11-/m1/s1. The molecule has 0 spiro atoms. The lowest BCUT2D eigenvalue weighted by molar-refractivity contribution is -0.131. The first-order valence-electron chi connectivity index (χ1n) is 6.54. The van der Waals surface area contributed by atoms with Crippen molar-refractivity contribution >= 4 is 52.3 Å². The summed E-state index contributed by atoms with van der Waals surface area (Å²) in [6.45, 7) is 0. The van der Waals surface area contributed by atoms with Crippen LogP contribution in [0.5, 0.6) is 0 Å². The Morgan fingerprint density at radius 3 is 2.48 bits per heavy atom. The van der Waals surface area contributed by atoms with Crippen LogP contribution in [0.3, 0.4) is 0 Å². The maximum Gasteiger partial charge on any atom is 0.335 e. The van der Waals surface area contributed by atoms with Gasteiger partial charge in [0, 0.05) is 15.8 Å². The van der Waals surface area contributed by atoms with Gasteiger partial charge in [-0.05, 0) is 59.7 Å². The summed E-state index contributed by atoms with van der Waals surface area (Å²) in [5.41, 5.74) is 0.440. The van der Waals surface area contributed by atoms with Crippen molar-refractivity contribution in [2.24, 2.45) is 10.9 Å². The fourth-order valence-electron chi connectivity index (χ4n) is 1.99. The third-order valence-electron chi connectivity index (χ3n) is 3.28. The summed E-state index contributed by atoms with van der Waals surface area (Å²) in [5.74, 6) is -2.21. The molecule has 1 heterocycles. The second-order valence-electron chi connectivity index (χ2n) is 4.95. The molecule has 1 saturated heterocycles. The normalized spacial score (nSPS) is 22.8. The summed E-state index contributed by atoms with van der Waals surface area (Å²) in [7, 11) is 0. The molecule has 6 nitrogen and oxygen atoms in total. The van der Waals surface area contributed by atoms with Crippen LogP contribution in [-0.4, -0.2) is 30.1 Å². The molecule has 21 heavy (non-hydrogen) atoms. The summed E-state index contributed by atoms with van der Waals surface area (Å²) in [6.07, 6.45) is 3.33. The van der Waals surface area contributed by atoms with E-state index in [9.17, 15) is 14.4 Å². The molecule has 0 radical (unpaired) electrons. The number of hydrogen-bond acceptors (Lipinski definition) is 4. The van der Waals surface area contributed by atoms with E-state index in [1.807, 2.05) is 0 Å². The molecule has 3 rings (SSSR count). The van der Waals surface area contributed by atoms with Crippen LogP contribution in [0, 0.1) is 9.49 Å². The molecule has 4 amide bonds. The molecule has 108 valence electrons. The number of aliphatic imine (C=N–C) groups is 1. The monoisotopic (exact) mass is 397 g/mol. The number of carbonyl (C=O) groups is 3. The van der Waals surface area contributed by atoms with Crippen molar-refractivity contribution < 1.29 is 14.4 Å². The minimum atomic E-state index is -1.04. The molecule has 1 saturated carbocycles. The van der Waals surface area contributed by atoms with Gasteiger partial charge in [-0.15, -0.1) is 0 Å². The summed E-state index contributed by atoms with van der Waals surface area (Å²) >= 11 is 2.13. The van der Waals surface area contributed by atoms with Crippen LogP contribution in [0.1, 0.15) is 12.8 Å². The molecule has 0 bridgehead atoms. The van der Waals surface area contributed by atoms with E-state index in [0.29, 0.717) is 5.69 Å². The van der Waals surface area contributed by atoms with Gasteiger partial charge in [0.25, 0.3) is 5.91 Å². The van der Waals surface area contributed by atoms with Gasteiger partial charge in [0.05, 0.1) is 5.69 Å². The highest BCUT2D eigenvalue weighted by Gasteiger charge is 2.40. The Bertz CT molecular complexity index is 637. The topological polar surface area (TPSA) is 78.8 Å². The smallest absolute Gasteiger partial charge is 0.293 e. The summed E-state index contributed by atoms with van der Waals surface area (Å²) in [4.78, 5) is 41.3. The number of hydrogen-bond donors (Lipinski definition) is 1. The fourth-order valence-corrected chi connectivity index (χ4v) is 2.35. The highest BCUT2D eigenvalue weighted by Crippen LogP contribution is 2.25. The first-order valence-corrected chi connectivity index (χ1v) is 7.62. The number of nitrogens with one attached hydrogen (secondary N) is 1. The average Bonchev–Trinajstić information content (AvgIpc) is 3.24. The number of amides is 4. The van der Waals surface area contributed by atoms with Crippen molar-refractivity contribution in [2.45, 2.75) is 18.9 Å². The van der Waals surface area contributed by atoms with E-state index in [-0.39, 0.29) is 6.04 Å². The van der Waals surface area contributed by atoms with E-state index in [1.165, 1.54) is 6.21 Å². The van der Waals surface area contributed by atoms with Gasteiger partial charge < -0.3 is 0 Å². The minimum absolute atomic E-state index is 0.218. The zero-order valence-electron chi connectivity index (χ0n) is 11.0. The van der Waals surface area contributed by atoms with Gasteiger partial charge in [-0.1, -0.05) is 0 Å². The van der Waals surface area contributed by atoms with Crippen LogP contribution in [-0.2, 0) is 9.59 Å². The summed E-state index contributed by atoms with van der Waals surface area (Å²) in [6, 6.07) is 6.42.